The van der Waals surface area contributed by atoms with Gasteiger partial charge in [-0.3, -0.25) is 0 Å². The normalized spacial score (nSPS) is 13.5. The molecule has 0 radical (unpaired) electrons. The van der Waals surface area contributed by atoms with Crippen LogP contribution in [0.15, 0.2) is 0 Å². The second-order valence-corrected chi connectivity index (χ2v) is 13.6. The highest BCUT2D eigenvalue weighted by Crippen LogP contribution is 2.38. The summed E-state index contributed by atoms with van der Waals surface area (Å²) in [5, 5.41) is 10.4. The summed E-state index contributed by atoms with van der Waals surface area (Å²) in [6, 6.07) is 0. The first kappa shape index (κ1) is 39.5. The van der Waals surface area contributed by atoms with Crippen molar-refractivity contribution in [2.45, 2.75) is 143 Å². The van der Waals surface area contributed by atoms with Crippen molar-refractivity contribution >= 4 is 17.2 Å². The molecule has 0 saturated carbocycles. The van der Waals surface area contributed by atoms with Gasteiger partial charge in [-0.2, -0.15) is 0 Å². The molecular formula is C29H62O8P2. The topological polar surface area (TPSA) is 129 Å². The molecule has 5 N–H and O–H groups in total. The average Bonchev–Trinajstić information content (AvgIpc) is 2.87. The quantitative estimate of drug-likeness (QED) is 0.0435. The van der Waals surface area contributed by atoms with Crippen LogP contribution in [0.5, 0.6) is 0 Å². The van der Waals surface area contributed by atoms with Gasteiger partial charge in [-0.15, -0.1) is 0 Å². The van der Waals surface area contributed by atoms with Gasteiger partial charge in [0.2, 0.25) is 0 Å². The zero-order valence-electron chi connectivity index (χ0n) is 25.4. The molecule has 0 aromatic carbocycles. The molecule has 10 heteroatoms. The number of rotatable bonds is 29. The number of aliphatic hydroxyl groups is 1. The van der Waals surface area contributed by atoms with Crippen molar-refractivity contribution in [1.82, 2.24) is 0 Å². The minimum Gasteiger partial charge on any atom is -0.396 e. The van der Waals surface area contributed by atoms with Crippen molar-refractivity contribution in [2.75, 3.05) is 26.4 Å². The first-order chi connectivity index (χ1) is 18.6. The van der Waals surface area contributed by atoms with Crippen LogP contribution >= 0.6 is 17.2 Å². The Hall–Kier alpha value is 0.540. The van der Waals surface area contributed by atoms with Gasteiger partial charge in [0.15, 0.2) is 0 Å². The molecule has 39 heavy (non-hydrogen) atoms. The van der Waals surface area contributed by atoms with Gasteiger partial charge >= 0.3 is 17.2 Å². The molecule has 0 bridgehead atoms. The molecule has 0 aromatic heterocycles. The van der Waals surface area contributed by atoms with Crippen LogP contribution in [0.2, 0.25) is 0 Å². The summed E-state index contributed by atoms with van der Waals surface area (Å²) in [5.74, 6) is 1.54. The van der Waals surface area contributed by atoms with E-state index < -0.39 is 35.3 Å². The molecule has 236 valence electrons. The number of hydrogen-bond donors (Lipinski definition) is 5. The summed E-state index contributed by atoms with van der Waals surface area (Å²) in [5.41, 5.74) is -1.12. The maximum absolute atomic E-state index is 10.4. The van der Waals surface area contributed by atoms with Gasteiger partial charge in [-0.05, 0) is 24.7 Å². The number of aliphatic hydroxyl groups excluding tert-OH is 1. The van der Waals surface area contributed by atoms with E-state index in [0.29, 0.717) is 13.0 Å². The lowest BCUT2D eigenvalue weighted by Gasteiger charge is -2.38. The molecule has 8 nitrogen and oxygen atoms in total. The molecule has 0 amide bonds. The van der Waals surface area contributed by atoms with E-state index in [1.165, 1.54) is 70.6 Å². The number of unbranched alkanes of at least 4 members (excludes halogenated alkanes) is 12. The monoisotopic (exact) mass is 600 g/mol. The van der Waals surface area contributed by atoms with Gasteiger partial charge in [0.1, 0.15) is 0 Å². The Kier molecular flexibility index (Phi) is 26.6. The fourth-order valence-electron chi connectivity index (χ4n) is 4.89. The Balaban J connectivity index is 4.76. The SMILES string of the molecule is CC(C)CCCCCCCCCOC(CCCCCCCCCC(C)C)C(CO)(COP(O)O)COP(O)O. The van der Waals surface area contributed by atoms with Crippen molar-refractivity contribution in [2.24, 2.45) is 17.3 Å². The van der Waals surface area contributed by atoms with Crippen LogP contribution in [0.25, 0.3) is 0 Å². The van der Waals surface area contributed by atoms with Crippen LogP contribution in [0.1, 0.15) is 137 Å². The predicted molar refractivity (Wildman–Crippen MR) is 162 cm³/mol. The Morgan fingerprint density at radius 1 is 0.538 bits per heavy atom. The van der Waals surface area contributed by atoms with Gasteiger partial charge in [0.05, 0.1) is 31.3 Å². The summed E-state index contributed by atoms with van der Waals surface area (Å²) in [6.07, 6.45) is 19.1. The molecule has 1 unspecified atom stereocenters. The highest BCUT2D eigenvalue weighted by Gasteiger charge is 2.41. The molecule has 0 aliphatic carbocycles. The lowest BCUT2D eigenvalue weighted by Crippen LogP contribution is -2.47. The van der Waals surface area contributed by atoms with Gasteiger partial charge in [0, 0.05) is 6.61 Å². The number of ether oxygens (including phenoxy) is 1. The van der Waals surface area contributed by atoms with Crippen molar-refractivity contribution in [3.8, 4) is 0 Å². The maximum Gasteiger partial charge on any atom is 0.327 e. The third-order valence-electron chi connectivity index (χ3n) is 7.43. The molecule has 0 aliphatic rings. The van der Waals surface area contributed by atoms with Crippen LogP contribution < -0.4 is 0 Å². The van der Waals surface area contributed by atoms with Crippen LogP contribution in [0.4, 0.5) is 0 Å². The minimum atomic E-state index is -2.63. The van der Waals surface area contributed by atoms with E-state index in [-0.39, 0.29) is 13.2 Å². The van der Waals surface area contributed by atoms with Gasteiger partial charge < -0.3 is 38.5 Å². The lowest BCUT2D eigenvalue weighted by atomic mass is 9.81. The fraction of sp³-hybridized carbons (Fsp3) is 1.00. The Labute approximate surface area is 242 Å². The molecule has 0 fully saturated rings. The standard InChI is InChI=1S/C29H62O8P2/c1-26(2)19-15-11-7-5-9-13-17-21-28(29(23-30,24-36-38(31)32)25-37-39(33)34)35-22-18-14-10-6-8-12-16-20-27(3)4/h26-28,30-34H,5-25H2,1-4H3. The molecule has 0 saturated heterocycles. The predicted octanol–water partition coefficient (Wildman–Crippen LogP) is 7.75. The van der Waals surface area contributed by atoms with Crippen molar-refractivity contribution in [3.05, 3.63) is 0 Å². The molecule has 1 atom stereocenters. The maximum atomic E-state index is 10.4. The largest absolute Gasteiger partial charge is 0.396 e. The summed E-state index contributed by atoms with van der Waals surface area (Å²) < 4.78 is 16.5. The first-order valence-electron chi connectivity index (χ1n) is 15.5. The van der Waals surface area contributed by atoms with Crippen LogP contribution in [0.3, 0.4) is 0 Å². The van der Waals surface area contributed by atoms with E-state index in [1.54, 1.807) is 0 Å². The van der Waals surface area contributed by atoms with Gasteiger partial charge in [-0.25, -0.2) is 0 Å². The molecule has 0 rings (SSSR count). The van der Waals surface area contributed by atoms with E-state index in [2.05, 4.69) is 27.7 Å². The molecular weight excluding hydrogens is 538 g/mol. The van der Waals surface area contributed by atoms with E-state index in [1.807, 2.05) is 0 Å². The molecule has 0 aromatic rings. The van der Waals surface area contributed by atoms with Crippen molar-refractivity contribution < 1.29 is 38.5 Å². The third kappa shape index (κ3) is 23.8. The average molecular weight is 601 g/mol. The lowest BCUT2D eigenvalue weighted by molar-refractivity contribution is -0.111. The van der Waals surface area contributed by atoms with E-state index >= 15 is 0 Å². The van der Waals surface area contributed by atoms with Crippen LogP contribution in [0, 0.1) is 17.3 Å². The summed E-state index contributed by atoms with van der Waals surface area (Å²) in [7, 11) is -5.25. The summed E-state index contributed by atoms with van der Waals surface area (Å²) >= 11 is 0. The molecule has 0 heterocycles. The Bertz CT molecular complexity index is 512. The Morgan fingerprint density at radius 3 is 1.26 bits per heavy atom. The van der Waals surface area contributed by atoms with E-state index in [4.69, 9.17) is 13.8 Å². The fourth-order valence-corrected chi connectivity index (χ4v) is 5.64. The van der Waals surface area contributed by atoms with Crippen molar-refractivity contribution in [3.63, 3.8) is 0 Å². The van der Waals surface area contributed by atoms with Crippen molar-refractivity contribution in [1.29, 1.82) is 0 Å². The minimum absolute atomic E-state index is 0.206. The summed E-state index contributed by atoms with van der Waals surface area (Å²) in [4.78, 5) is 37.4. The smallest absolute Gasteiger partial charge is 0.327 e. The highest BCUT2D eigenvalue weighted by atomic mass is 31.2. The van der Waals surface area contributed by atoms with Gasteiger partial charge in [0.25, 0.3) is 0 Å². The second kappa shape index (κ2) is 26.2. The zero-order valence-corrected chi connectivity index (χ0v) is 27.2. The first-order valence-corrected chi connectivity index (χ1v) is 17.8. The zero-order chi connectivity index (χ0) is 29.4. The van der Waals surface area contributed by atoms with Gasteiger partial charge in [-0.1, -0.05) is 124 Å². The molecule has 0 aliphatic heterocycles. The Morgan fingerprint density at radius 2 is 0.897 bits per heavy atom. The number of hydrogen-bond acceptors (Lipinski definition) is 8. The van der Waals surface area contributed by atoms with E-state index in [0.717, 1.165) is 43.9 Å². The second-order valence-electron chi connectivity index (χ2n) is 12.0. The molecule has 0 spiro atoms. The van der Waals surface area contributed by atoms with Crippen LogP contribution in [-0.2, 0) is 13.8 Å². The highest BCUT2D eigenvalue weighted by molar-refractivity contribution is 7.39. The third-order valence-corrected chi connectivity index (χ3v) is 8.15. The summed E-state index contributed by atoms with van der Waals surface area (Å²) in [6.45, 7) is 8.79. The van der Waals surface area contributed by atoms with E-state index in [9.17, 15) is 24.7 Å². The van der Waals surface area contributed by atoms with Crippen LogP contribution in [-0.4, -0.2) is 57.2 Å².